The van der Waals surface area contributed by atoms with Gasteiger partial charge >= 0.3 is 0 Å². The van der Waals surface area contributed by atoms with E-state index in [1.54, 1.807) is 12.1 Å². The lowest BCUT2D eigenvalue weighted by Gasteiger charge is -2.05. The highest BCUT2D eigenvalue weighted by molar-refractivity contribution is 9.10. The molecule has 1 rings (SSSR count). The van der Waals surface area contributed by atoms with Crippen molar-refractivity contribution in [1.82, 2.24) is 5.32 Å². The van der Waals surface area contributed by atoms with Gasteiger partial charge in [0.2, 0.25) is 0 Å². The van der Waals surface area contributed by atoms with E-state index in [0.29, 0.717) is 5.56 Å². The van der Waals surface area contributed by atoms with Crippen molar-refractivity contribution < 1.29 is 13.3 Å². The number of hydrogen-bond acceptors (Lipinski definition) is 5. The summed E-state index contributed by atoms with van der Waals surface area (Å²) in [5.41, 5.74) is 0.535. The molecule has 0 amide bonds. The van der Waals surface area contributed by atoms with E-state index in [1.165, 1.54) is 6.07 Å². The highest BCUT2D eigenvalue weighted by Gasteiger charge is 2.13. The van der Waals surface area contributed by atoms with Crippen molar-refractivity contribution in [3.8, 4) is 0 Å². The van der Waals surface area contributed by atoms with E-state index in [9.17, 15) is 18.5 Å². The largest absolute Gasteiger partial charge is 0.311 e. The van der Waals surface area contributed by atoms with Crippen molar-refractivity contribution >= 4 is 31.5 Å². The monoisotopic (exact) mass is 336 g/mol. The van der Waals surface area contributed by atoms with Crippen LogP contribution in [0.4, 0.5) is 5.69 Å². The second kappa shape index (κ2) is 6.26. The van der Waals surface area contributed by atoms with E-state index in [2.05, 4.69) is 21.2 Å². The Morgan fingerprint density at radius 3 is 2.67 bits per heavy atom. The summed E-state index contributed by atoms with van der Waals surface area (Å²) in [5.74, 6) is 0.00873. The topological polar surface area (TPSA) is 89.3 Å². The van der Waals surface area contributed by atoms with E-state index in [4.69, 9.17) is 0 Å². The summed E-state index contributed by atoms with van der Waals surface area (Å²) in [6.07, 6.45) is 1.15. The molecule has 0 radical (unpaired) electrons. The molecule has 0 aromatic heterocycles. The minimum atomic E-state index is -3.02. The first-order chi connectivity index (χ1) is 8.29. The van der Waals surface area contributed by atoms with Crippen LogP contribution in [0.15, 0.2) is 22.7 Å². The van der Waals surface area contributed by atoms with Crippen LogP contribution in [0, 0.1) is 10.1 Å². The molecule has 0 fully saturated rings. The highest BCUT2D eigenvalue weighted by Crippen LogP contribution is 2.22. The van der Waals surface area contributed by atoms with Gasteiger partial charge in [0.25, 0.3) is 5.69 Å². The van der Waals surface area contributed by atoms with E-state index < -0.39 is 14.8 Å². The lowest BCUT2D eigenvalue weighted by atomic mass is 10.2. The molecule has 0 aliphatic heterocycles. The van der Waals surface area contributed by atoms with Crippen LogP contribution in [0.3, 0.4) is 0 Å². The Bertz CT molecular complexity index is 545. The summed E-state index contributed by atoms with van der Waals surface area (Å²) in [5, 5.41) is 13.7. The zero-order chi connectivity index (χ0) is 13.8. The first-order valence-corrected chi connectivity index (χ1v) is 7.96. The Balaban J connectivity index is 2.66. The van der Waals surface area contributed by atoms with Gasteiger partial charge in [-0.3, -0.25) is 10.1 Å². The maximum absolute atomic E-state index is 10.9. The number of sulfone groups is 1. The molecule has 0 bridgehead atoms. The van der Waals surface area contributed by atoms with Crippen molar-refractivity contribution in [3.63, 3.8) is 0 Å². The molecular formula is C10H13BrN2O4S. The van der Waals surface area contributed by atoms with Crippen LogP contribution < -0.4 is 5.32 Å². The molecule has 1 N–H and O–H groups in total. The number of benzene rings is 1. The standard InChI is InChI=1S/C10H13BrN2O4S/c1-18(16,17)5-4-12-7-8-6-9(11)2-3-10(8)13(14)15/h2-3,6,12H,4-5,7H2,1H3. The van der Waals surface area contributed by atoms with Crippen molar-refractivity contribution in [2.45, 2.75) is 6.54 Å². The highest BCUT2D eigenvalue weighted by atomic mass is 79.9. The molecule has 0 heterocycles. The van der Waals surface area contributed by atoms with E-state index in [-0.39, 0.29) is 24.5 Å². The molecule has 0 unspecified atom stereocenters. The van der Waals surface area contributed by atoms with Gasteiger partial charge in [0.05, 0.1) is 10.7 Å². The number of nitro benzene ring substituents is 1. The molecule has 8 heteroatoms. The zero-order valence-electron chi connectivity index (χ0n) is 9.72. The average molecular weight is 337 g/mol. The van der Waals surface area contributed by atoms with Crippen LogP contribution in [-0.2, 0) is 16.4 Å². The summed E-state index contributed by atoms with van der Waals surface area (Å²) in [7, 11) is -3.02. The lowest BCUT2D eigenvalue weighted by Crippen LogP contribution is -2.22. The van der Waals surface area contributed by atoms with Crippen molar-refractivity contribution in [1.29, 1.82) is 0 Å². The minimum absolute atomic E-state index is 0.00873. The molecule has 1 aromatic carbocycles. The minimum Gasteiger partial charge on any atom is -0.311 e. The molecule has 6 nitrogen and oxygen atoms in total. The molecule has 18 heavy (non-hydrogen) atoms. The first kappa shape index (κ1) is 15.1. The normalized spacial score (nSPS) is 11.4. The lowest BCUT2D eigenvalue weighted by molar-refractivity contribution is -0.385. The fraction of sp³-hybridized carbons (Fsp3) is 0.400. The second-order valence-corrected chi connectivity index (χ2v) is 7.01. The fourth-order valence-corrected chi connectivity index (χ4v) is 2.28. The SMILES string of the molecule is CS(=O)(=O)CCNCc1cc(Br)ccc1[N+](=O)[O-]. The Labute approximate surface area is 114 Å². The summed E-state index contributed by atoms with van der Waals surface area (Å²) in [4.78, 5) is 10.3. The summed E-state index contributed by atoms with van der Waals surface area (Å²) in [6, 6.07) is 4.65. The number of hydrogen-bond donors (Lipinski definition) is 1. The van der Waals surface area contributed by atoms with Gasteiger partial charge in [-0.05, 0) is 12.1 Å². The maximum Gasteiger partial charge on any atom is 0.273 e. The first-order valence-electron chi connectivity index (χ1n) is 5.11. The third kappa shape index (κ3) is 5.11. The molecular weight excluding hydrogens is 324 g/mol. The van der Waals surface area contributed by atoms with E-state index in [0.717, 1.165) is 10.7 Å². The van der Waals surface area contributed by atoms with Crippen LogP contribution in [0.25, 0.3) is 0 Å². The zero-order valence-corrected chi connectivity index (χ0v) is 12.1. The Morgan fingerprint density at radius 2 is 2.11 bits per heavy atom. The molecule has 100 valence electrons. The Hall–Kier alpha value is -0.990. The van der Waals surface area contributed by atoms with Crippen LogP contribution >= 0.6 is 15.9 Å². The molecule has 1 aromatic rings. The number of rotatable bonds is 6. The van der Waals surface area contributed by atoms with Crippen molar-refractivity contribution in [3.05, 3.63) is 38.3 Å². The Morgan fingerprint density at radius 1 is 1.44 bits per heavy atom. The van der Waals surface area contributed by atoms with E-state index >= 15 is 0 Å². The molecule has 0 aliphatic carbocycles. The van der Waals surface area contributed by atoms with Crippen LogP contribution in [0.5, 0.6) is 0 Å². The van der Waals surface area contributed by atoms with Crippen molar-refractivity contribution in [2.24, 2.45) is 0 Å². The molecule has 0 spiro atoms. The summed E-state index contributed by atoms with van der Waals surface area (Å²) < 4.78 is 22.6. The van der Waals surface area contributed by atoms with Gasteiger partial charge < -0.3 is 5.32 Å². The van der Waals surface area contributed by atoms with Gasteiger partial charge in [0, 0.05) is 35.4 Å². The quantitative estimate of drug-likeness (QED) is 0.483. The van der Waals surface area contributed by atoms with Crippen LogP contribution in [0.1, 0.15) is 5.56 Å². The third-order valence-electron chi connectivity index (χ3n) is 2.20. The van der Waals surface area contributed by atoms with Gasteiger partial charge in [-0.2, -0.15) is 0 Å². The average Bonchev–Trinajstić information content (AvgIpc) is 2.22. The number of nitro groups is 1. The fourth-order valence-electron chi connectivity index (χ4n) is 1.35. The van der Waals surface area contributed by atoms with Gasteiger partial charge in [0.15, 0.2) is 0 Å². The molecule has 0 saturated carbocycles. The summed E-state index contributed by atoms with van der Waals surface area (Å²) >= 11 is 3.24. The predicted molar refractivity (Wildman–Crippen MR) is 72.2 cm³/mol. The number of halogens is 1. The van der Waals surface area contributed by atoms with E-state index in [1.807, 2.05) is 0 Å². The number of nitrogens with one attached hydrogen (secondary N) is 1. The summed E-state index contributed by atoms with van der Waals surface area (Å²) in [6.45, 7) is 0.522. The molecule has 0 atom stereocenters. The van der Waals surface area contributed by atoms with Crippen molar-refractivity contribution in [2.75, 3.05) is 18.6 Å². The third-order valence-corrected chi connectivity index (χ3v) is 3.64. The van der Waals surface area contributed by atoms with Gasteiger partial charge in [-0.15, -0.1) is 0 Å². The molecule has 0 saturated heterocycles. The Kier molecular flexibility index (Phi) is 5.24. The smallest absolute Gasteiger partial charge is 0.273 e. The van der Waals surface area contributed by atoms with Gasteiger partial charge in [-0.1, -0.05) is 15.9 Å². The van der Waals surface area contributed by atoms with Gasteiger partial charge in [-0.25, -0.2) is 8.42 Å². The van der Waals surface area contributed by atoms with Crippen LogP contribution in [0.2, 0.25) is 0 Å². The van der Waals surface area contributed by atoms with Gasteiger partial charge in [0.1, 0.15) is 9.84 Å². The number of nitrogens with zero attached hydrogens (tertiary/aromatic N) is 1. The maximum atomic E-state index is 10.9. The second-order valence-electron chi connectivity index (χ2n) is 3.84. The predicted octanol–water partition coefficient (Wildman–Crippen LogP) is 1.49. The van der Waals surface area contributed by atoms with Crippen LogP contribution in [-0.4, -0.2) is 31.9 Å². The molecule has 0 aliphatic rings.